The Balaban J connectivity index is 1.60. The van der Waals surface area contributed by atoms with Gasteiger partial charge in [0.2, 0.25) is 5.91 Å². The summed E-state index contributed by atoms with van der Waals surface area (Å²) in [6.07, 6.45) is 1.20. The number of hydrogen-bond donors (Lipinski definition) is 2. The summed E-state index contributed by atoms with van der Waals surface area (Å²) in [6, 6.07) is 14.0. The number of nitrogens with one attached hydrogen (secondary N) is 2. The first-order valence-electron chi connectivity index (χ1n) is 8.94. The normalized spacial score (nSPS) is 16.2. The summed E-state index contributed by atoms with van der Waals surface area (Å²) in [7, 11) is 0. The Labute approximate surface area is 171 Å². The smallest absolute Gasteiger partial charge is 0.294 e. The molecule has 1 aliphatic rings. The predicted molar refractivity (Wildman–Crippen MR) is 108 cm³/mol. The van der Waals surface area contributed by atoms with Crippen LogP contribution in [-0.2, 0) is 16.5 Å². The van der Waals surface area contributed by atoms with Gasteiger partial charge in [-0.1, -0.05) is 36.4 Å². The van der Waals surface area contributed by atoms with Gasteiger partial charge in [-0.15, -0.1) is 11.3 Å². The lowest BCUT2D eigenvalue weighted by Crippen LogP contribution is -2.51. The average Bonchev–Trinajstić information content (AvgIpc) is 3.23. The highest BCUT2D eigenvalue weighted by Gasteiger charge is 2.45. The number of nitriles is 1. The van der Waals surface area contributed by atoms with Gasteiger partial charge < -0.3 is 5.32 Å². The molecule has 1 aromatic carbocycles. The maximum Gasteiger partial charge on any atom is 0.294 e. The minimum atomic E-state index is -3.05. The highest BCUT2D eigenvalue weighted by atomic mass is 32.2. The lowest BCUT2D eigenvalue weighted by Gasteiger charge is -2.23. The number of thioether (sulfide) groups is 1. The van der Waals surface area contributed by atoms with Crippen LogP contribution in [0.2, 0.25) is 0 Å². The summed E-state index contributed by atoms with van der Waals surface area (Å²) in [5.41, 5.74) is 0.281. The summed E-state index contributed by atoms with van der Waals surface area (Å²) in [5.74, 6) is -2.44. The molecule has 3 rings (SSSR count). The Morgan fingerprint density at radius 2 is 2.04 bits per heavy atom. The van der Waals surface area contributed by atoms with Gasteiger partial charge in [-0.25, -0.2) is 0 Å². The van der Waals surface area contributed by atoms with Crippen LogP contribution in [0.5, 0.6) is 0 Å². The molecular formula is C20H21F2N3OS2. The first-order valence-corrected chi connectivity index (χ1v) is 11.0. The van der Waals surface area contributed by atoms with Crippen molar-refractivity contribution in [3.05, 3.63) is 58.3 Å². The molecule has 1 aromatic heterocycles. The van der Waals surface area contributed by atoms with Crippen LogP contribution in [0.4, 0.5) is 8.78 Å². The molecule has 0 saturated heterocycles. The SMILES string of the molecule is N#CC1(NC(=O)[C@H](CSCc2ccccc2)NCC(F)(F)c2cccs2)CC1. The predicted octanol–water partition coefficient (Wildman–Crippen LogP) is 3.90. The van der Waals surface area contributed by atoms with Crippen LogP contribution in [0.1, 0.15) is 23.3 Å². The monoisotopic (exact) mass is 421 g/mol. The van der Waals surface area contributed by atoms with Crippen LogP contribution in [-0.4, -0.2) is 29.8 Å². The number of alkyl halides is 2. The van der Waals surface area contributed by atoms with Gasteiger partial charge in [0.25, 0.3) is 5.92 Å². The van der Waals surface area contributed by atoms with Gasteiger partial charge in [0.05, 0.1) is 23.5 Å². The van der Waals surface area contributed by atoms with E-state index >= 15 is 0 Å². The molecule has 2 aromatic rings. The quantitative estimate of drug-likeness (QED) is 0.611. The maximum absolute atomic E-state index is 14.4. The molecule has 1 amide bonds. The van der Waals surface area contributed by atoms with Crippen LogP contribution in [0.15, 0.2) is 47.8 Å². The van der Waals surface area contributed by atoms with E-state index in [1.54, 1.807) is 11.4 Å². The molecule has 0 aliphatic heterocycles. The number of carbonyl (C=O) groups is 1. The molecule has 1 atom stereocenters. The molecule has 0 bridgehead atoms. The molecule has 8 heteroatoms. The second kappa shape index (κ2) is 9.03. The van der Waals surface area contributed by atoms with Crippen molar-refractivity contribution in [2.45, 2.75) is 36.1 Å². The topological polar surface area (TPSA) is 64.9 Å². The average molecular weight is 422 g/mol. The molecule has 2 N–H and O–H groups in total. The third-order valence-electron chi connectivity index (χ3n) is 4.49. The first kappa shape index (κ1) is 20.8. The number of rotatable bonds is 10. The van der Waals surface area contributed by atoms with E-state index < -0.39 is 30.0 Å². The van der Waals surface area contributed by atoms with E-state index in [1.165, 1.54) is 17.8 Å². The fourth-order valence-electron chi connectivity index (χ4n) is 2.63. The lowest BCUT2D eigenvalue weighted by molar-refractivity contribution is -0.123. The number of benzene rings is 1. The van der Waals surface area contributed by atoms with Gasteiger partial charge in [-0.05, 0) is 29.9 Å². The van der Waals surface area contributed by atoms with E-state index in [0.29, 0.717) is 24.3 Å². The number of hydrogen-bond acceptors (Lipinski definition) is 5. The van der Waals surface area contributed by atoms with Gasteiger partial charge in [0, 0.05) is 11.5 Å². The zero-order valence-corrected chi connectivity index (χ0v) is 16.8. The minimum Gasteiger partial charge on any atom is -0.336 e. The first-order chi connectivity index (χ1) is 13.4. The van der Waals surface area contributed by atoms with Crippen molar-refractivity contribution in [3.8, 4) is 6.07 Å². The fraction of sp³-hybridized carbons (Fsp3) is 0.400. The van der Waals surface area contributed by atoms with E-state index in [1.807, 2.05) is 30.3 Å². The van der Waals surface area contributed by atoms with Crippen molar-refractivity contribution >= 4 is 29.0 Å². The molecule has 4 nitrogen and oxygen atoms in total. The molecule has 1 saturated carbocycles. The second-order valence-electron chi connectivity index (χ2n) is 6.80. The van der Waals surface area contributed by atoms with Crippen molar-refractivity contribution in [1.29, 1.82) is 5.26 Å². The summed E-state index contributed by atoms with van der Waals surface area (Å²) in [5, 5.41) is 16.2. The molecule has 0 spiro atoms. The van der Waals surface area contributed by atoms with E-state index in [0.717, 1.165) is 16.9 Å². The third-order valence-corrected chi connectivity index (χ3v) is 6.58. The van der Waals surface area contributed by atoms with Crippen LogP contribution in [0.3, 0.4) is 0 Å². The Kier molecular flexibility index (Phi) is 6.70. The molecule has 28 heavy (non-hydrogen) atoms. The van der Waals surface area contributed by atoms with E-state index in [2.05, 4.69) is 16.7 Å². The van der Waals surface area contributed by atoms with Gasteiger partial charge in [0.15, 0.2) is 0 Å². The fourth-order valence-corrected chi connectivity index (χ4v) is 4.39. The number of amides is 1. The van der Waals surface area contributed by atoms with Crippen molar-refractivity contribution in [3.63, 3.8) is 0 Å². The van der Waals surface area contributed by atoms with Crippen LogP contribution in [0, 0.1) is 11.3 Å². The zero-order valence-electron chi connectivity index (χ0n) is 15.2. The maximum atomic E-state index is 14.4. The second-order valence-corrected chi connectivity index (χ2v) is 8.78. The molecule has 1 heterocycles. The Morgan fingerprint density at radius 1 is 1.29 bits per heavy atom. The Morgan fingerprint density at radius 3 is 2.64 bits per heavy atom. The molecule has 148 valence electrons. The van der Waals surface area contributed by atoms with E-state index in [-0.39, 0.29) is 4.88 Å². The lowest BCUT2D eigenvalue weighted by atomic mass is 10.2. The highest BCUT2D eigenvalue weighted by Crippen LogP contribution is 2.34. The molecule has 1 fully saturated rings. The van der Waals surface area contributed by atoms with Crippen molar-refractivity contribution in [2.75, 3.05) is 12.3 Å². The Bertz CT molecular complexity index is 818. The summed E-state index contributed by atoms with van der Waals surface area (Å²) >= 11 is 2.49. The van der Waals surface area contributed by atoms with Gasteiger partial charge >= 0.3 is 0 Å². The van der Waals surface area contributed by atoms with Gasteiger partial charge in [0.1, 0.15) is 5.54 Å². The molecule has 0 radical (unpaired) electrons. The zero-order chi connectivity index (χ0) is 20.0. The van der Waals surface area contributed by atoms with Gasteiger partial charge in [-0.2, -0.15) is 25.8 Å². The number of carbonyl (C=O) groups excluding carboxylic acids is 1. The standard InChI is InChI=1S/C20H21F2N3OS2/c21-20(22,17-7-4-10-28-17)14-24-16(18(26)25-19(13-23)8-9-19)12-27-11-15-5-2-1-3-6-15/h1-7,10,16,24H,8-9,11-12,14H2,(H,25,26)/t16-/m0/s1. The summed E-state index contributed by atoms with van der Waals surface area (Å²) < 4.78 is 28.7. The van der Waals surface area contributed by atoms with Crippen LogP contribution in [0.25, 0.3) is 0 Å². The third kappa shape index (κ3) is 5.53. The van der Waals surface area contributed by atoms with E-state index in [4.69, 9.17) is 0 Å². The van der Waals surface area contributed by atoms with Crippen LogP contribution >= 0.6 is 23.1 Å². The number of halogens is 2. The molecule has 1 aliphatic carbocycles. The summed E-state index contributed by atoms with van der Waals surface area (Å²) in [4.78, 5) is 12.6. The summed E-state index contributed by atoms with van der Waals surface area (Å²) in [6.45, 7) is -0.628. The van der Waals surface area contributed by atoms with Crippen molar-refractivity contribution < 1.29 is 13.6 Å². The van der Waals surface area contributed by atoms with Crippen LogP contribution < -0.4 is 10.6 Å². The minimum absolute atomic E-state index is 0.0354. The van der Waals surface area contributed by atoms with Gasteiger partial charge in [-0.3, -0.25) is 10.1 Å². The number of thiophene rings is 1. The van der Waals surface area contributed by atoms with Crippen molar-refractivity contribution in [1.82, 2.24) is 10.6 Å². The Hall–Kier alpha value is -1.95. The highest BCUT2D eigenvalue weighted by molar-refractivity contribution is 7.98. The molecule has 0 unspecified atom stereocenters. The molecular weight excluding hydrogens is 400 g/mol. The number of nitrogens with zero attached hydrogens (tertiary/aromatic N) is 1. The van der Waals surface area contributed by atoms with E-state index in [9.17, 15) is 18.8 Å². The van der Waals surface area contributed by atoms with Crippen molar-refractivity contribution in [2.24, 2.45) is 0 Å². The largest absolute Gasteiger partial charge is 0.336 e.